The number of hydrogen-bond donors (Lipinski definition) is 1. The second-order valence-electron chi connectivity index (χ2n) is 3.96. The molecule has 0 radical (unpaired) electrons. The van der Waals surface area contributed by atoms with E-state index in [0.717, 1.165) is 27.8 Å². The lowest BCUT2D eigenvalue weighted by atomic mass is 10.2. The largest absolute Gasteiger partial charge is 0.416 e. The lowest BCUT2D eigenvalue weighted by Crippen LogP contribution is -2.06. The van der Waals surface area contributed by atoms with E-state index in [0.29, 0.717) is 12.2 Å². The Hall–Kier alpha value is -1.20. The summed E-state index contributed by atoms with van der Waals surface area (Å²) in [6.45, 7) is 0.655. The third-order valence-electron chi connectivity index (χ3n) is 2.54. The van der Waals surface area contributed by atoms with Gasteiger partial charge in [0.05, 0.1) is 9.90 Å². The molecule has 0 aliphatic heterocycles. The minimum atomic E-state index is -4.29. The topological polar surface area (TPSA) is 12.0 Å². The van der Waals surface area contributed by atoms with Gasteiger partial charge in [-0.3, -0.25) is 0 Å². The maximum atomic E-state index is 12.4. The third kappa shape index (κ3) is 4.14. The van der Waals surface area contributed by atoms with Gasteiger partial charge in [0.25, 0.3) is 0 Å². The summed E-state index contributed by atoms with van der Waals surface area (Å²) in [6.07, 6.45) is -3.50. The van der Waals surface area contributed by atoms with Crippen molar-refractivity contribution >= 4 is 28.6 Å². The highest BCUT2D eigenvalue weighted by Crippen LogP contribution is 2.29. The van der Waals surface area contributed by atoms with E-state index in [9.17, 15) is 13.2 Å². The lowest BCUT2D eigenvalue weighted by molar-refractivity contribution is -0.137. The second kappa shape index (κ2) is 5.84. The Morgan fingerprint density at radius 2 is 1.74 bits per heavy atom. The molecule has 2 rings (SSSR count). The molecule has 1 aromatic heterocycles. The number of hydrogen-bond acceptors (Lipinski definition) is 2. The molecule has 0 unspecified atom stereocenters. The van der Waals surface area contributed by atoms with Crippen LogP contribution < -0.4 is 5.32 Å². The molecular weight excluding hydrogens is 295 g/mol. The minimum absolute atomic E-state index is 0.636. The monoisotopic (exact) mass is 305 g/mol. The first-order valence-corrected chi connectivity index (χ1v) is 6.80. The quantitative estimate of drug-likeness (QED) is 0.831. The van der Waals surface area contributed by atoms with Crippen LogP contribution in [0.2, 0.25) is 4.34 Å². The Kier molecular flexibility index (Phi) is 4.37. The fourth-order valence-corrected chi connectivity index (χ4v) is 2.68. The molecule has 2 aromatic rings. The van der Waals surface area contributed by atoms with Crippen molar-refractivity contribution in [1.82, 2.24) is 0 Å². The van der Waals surface area contributed by atoms with Gasteiger partial charge in [-0.15, -0.1) is 11.3 Å². The van der Waals surface area contributed by atoms with E-state index in [1.807, 2.05) is 12.1 Å². The van der Waals surface area contributed by atoms with E-state index >= 15 is 0 Å². The van der Waals surface area contributed by atoms with Crippen LogP contribution in [0.3, 0.4) is 0 Å². The van der Waals surface area contributed by atoms with Gasteiger partial charge in [-0.25, -0.2) is 0 Å². The summed E-state index contributed by atoms with van der Waals surface area (Å²) in [7, 11) is 0. The predicted molar refractivity (Wildman–Crippen MR) is 73.0 cm³/mol. The van der Waals surface area contributed by atoms with Crippen molar-refractivity contribution in [2.24, 2.45) is 0 Å². The number of alkyl halides is 3. The third-order valence-corrected chi connectivity index (χ3v) is 3.83. The summed E-state index contributed by atoms with van der Waals surface area (Å²) in [5, 5.41) is 3.08. The molecule has 0 spiro atoms. The summed E-state index contributed by atoms with van der Waals surface area (Å²) in [4.78, 5) is 1.14. The molecule has 0 saturated carbocycles. The van der Waals surface area contributed by atoms with Gasteiger partial charge in [0.1, 0.15) is 0 Å². The van der Waals surface area contributed by atoms with Gasteiger partial charge in [0.15, 0.2) is 0 Å². The van der Waals surface area contributed by atoms with Crippen LogP contribution in [0.15, 0.2) is 36.4 Å². The first-order valence-electron chi connectivity index (χ1n) is 5.60. The number of benzene rings is 1. The Balaban J connectivity index is 1.86. The summed E-state index contributed by atoms with van der Waals surface area (Å²) >= 11 is 7.31. The fourth-order valence-electron chi connectivity index (χ4n) is 1.59. The van der Waals surface area contributed by atoms with Crippen molar-refractivity contribution in [1.29, 1.82) is 0 Å². The molecule has 19 heavy (non-hydrogen) atoms. The molecule has 1 aromatic carbocycles. The molecule has 0 aliphatic rings. The zero-order chi connectivity index (χ0) is 13.9. The fraction of sp³-hybridized carbons (Fsp3) is 0.231. The predicted octanol–water partition coefficient (Wildman–Crippen LogP) is 5.07. The molecule has 102 valence electrons. The molecule has 1 nitrogen and oxygen atoms in total. The number of nitrogens with one attached hydrogen (secondary N) is 1. The Morgan fingerprint density at radius 3 is 2.26 bits per heavy atom. The van der Waals surface area contributed by atoms with Gasteiger partial charge in [-0.2, -0.15) is 13.2 Å². The summed E-state index contributed by atoms with van der Waals surface area (Å²) in [6, 6.07) is 8.80. The van der Waals surface area contributed by atoms with E-state index in [1.165, 1.54) is 23.5 Å². The zero-order valence-electron chi connectivity index (χ0n) is 9.80. The Labute approximate surface area is 118 Å². The van der Waals surface area contributed by atoms with Crippen LogP contribution in [0.5, 0.6) is 0 Å². The van der Waals surface area contributed by atoms with Crippen LogP contribution in [-0.4, -0.2) is 6.54 Å². The summed E-state index contributed by atoms with van der Waals surface area (Å²) < 4.78 is 37.8. The van der Waals surface area contributed by atoms with E-state index in [2.05, 4.69) is 5.32 Å². The molecule has 6 heteroatoms. The number of halogens is 4. The highest BCUT2D eigenvalue weighted by Gasteiger charge is 2.29. The van der Waals surface area contributed by atoms with E-state index in [1.54, 1.807) is 0 Å². The molecule has 1 heterocycles. The first kappa shape index (κ1) is 14.2. The van der Waals surface area contributed by atoms with E-state index in [4.69, 9.17) is 11.6 Å². The number of thiophene rings is 1. The van der Waals surface area contributed by atoms with Crippen molar-refractivity contribution in [2.75, 3.05) is 11.9 Å². The van der Waals surface area contributed by atoms with Gasteiger partial charge in [-0.05, 0) is 42.8 Å². The van der Waals surface area contributed by atoms with E-state index in [-0.39, 0.29) is 0 Å². The summed E-state index contributed by atoms with van der Waals surface area (Å²) in [5.74, 6) is 0. The smallest absolute Gasteiger partial charge is 0.385 e. The summed E-state index contributed by atoms with van der Waals surface area (Å²) in [5.41, 5.74) is 0.0405. The van der Waals surface area contributed by atoms with Crippen LogP contribution in [0.25, 0.3) is 0 Å². The molecule has 0 atom stereocenters. The average Bonchev–Trinajstić information content (AvgIpc) is 2.75. The molecule has 0 aliphatic carbocycles. The van der Waals surface area contributed by atoms with Gasteiger partial charge in [0, 0.05) is 17.1 Å². The first-order chi connectivity index (χ1) is 8.95. The van der Waals surface area contributed by atoms with E-state index < -0.39 is 11.7 Å². The highest BCUT2D eigenvalue weighted by molar-refractivity contribution is 7.16. The van der Waals surface area contributed by atoms with Crippen LogP contribution in [0.1, 0.15) is 10.4 Å². The van der Waals surface area contributed by atoms with Gasteiger partial charge in [0.2, 0.25) is 0 Å². The second-order valence-corrected chi connectivity index (χ2v) is 5.76. The number of anilines is 1. The van der Waals surface area contributed by atoms with Crippen molar-refractivity contribution < 1.29 is 13.2 Å². The Morgan fingerprint density at radius 1 is 1.05 bits per heavy atom. The van der Waals surface area contributed by atoms with Gasteiger partial charge < -0.3 is 5.32 Å². The Bertz CT molecular complexity index is 534. The van der Waals surface area contributed by atoms with Crippen LogP contribution in [0, 0.1) is 0 Å². The molecule has 0 saturated heterocycles. The van der Waals surface area contributed by atoms with Crippen molar-refractivity contribution in [3.05, 3.63) is 51.2 Å². The van der Waals surface area contributed by atoms with Crippen molar-refractivity contribution in [2.45, 2.75) is 12.6 Å². The normalized spacial score (nSPS) is 11.6. The highest BCUT2D eigenvalue weighted by atomic mass is 35.5. The molecular formula is C13H11ClF3NS. The van der Waals surface area contributed by atoms with Crippen LogP contribution in [0.4, 0.5) is 18.9 Å². The standard InChI is InChI=1S/C13H11ClF3NS/c14-12-6-5-11(19-12)7-8-18-10-3-1-9(2-4-10)13(15,16)17/h1-6,18H,7-8H2. The van der Waals surface area contributed by atoms with Gasteiger partial charge >= 0.3 is 6.18 Å². The maximum Gasteiger partial charge on any atom is 0.416 e. The molecule has 1 N–H and O–H groups in total. The zero-order valence-corrected chi connectivity index (χ0v) is 11.4. The van der Waals surface area contributed by atoms with Crippen molar-refractivity contribution in [3.8, 4) is 0 Å². The van der Waals surface area contributed by atoms with Crippen LogP contribution in [-0.2, 0) is 12.6 Å². The molecule has 0 amide bonds. The SMILES string of the molecule is FC(F)(F)c1ccc(NCCc2ccc(Cl)s2)cc1. The average molecular weight is 306 g/mol. The van der Waals surface area contributed by atoms with Crippen molar-refractivity contribution in [3.63, 3.8) is 0 Å². The van der Waals surface area contributed by atoms with Crippen LogP contribution >= 0.6 is 22.9 Å². The molecule has 0 fully saturated rings. The maximum absolute atomic E-state index is 12.4. The molecule has 0 bridgehead atoms. The van der Waals surface area contributed by atoms with Gasteiger partial charge in [-0.1, -0.05) is 11.6 Å². The lowest BCUT2D eigenvalue weighted by Gasteiger charge is -2.09. The minimum Gasteiger partial charge on any atom is -0.385 e. The number of rotatable bonds is 4.